The molecule has 96 valence electrons. The van der Waals surface area contributed by atoms with Crippen molar-refractivity contribution < 1.29 is 24.9 Å². The molecule has 0 saturated carbocycles. The molecule has 5 nitrogen and oxygen atoms in total. The third kappa shape index (κ3) is 1.67. The van der Waals surface area contributed by atoms with Crippen molar-refractivity contribution >= 4 is 5.78 Å². The second kappa shape index (κ2) is 3.91. The van der Waals surface area contributed by atoms with Gasteiger partial charge in [0.05, 0.1) is 5.56 Å². The fourth-order valence-electron chi connectivity index (χ4n) is 2.07. The van der Waals surface area contributed by atoms with Gasteiger partial charge in [-0.25, -0.2) is 0 Å². The maximum Gasteiger partial charge on any atom is 0.205 e. The standard InChI is InChI=1S/C14H10O5/c15-9-5-7-3-1-2-4-11(7)19-14-8(9)6-10(16)12(17)13(14)18/h1-4,6,16-18H,5H2. The first-order valence-electron chi connectivity index (χ1n) is 5.65. The number of carbonyl (C=O) groups is 1. The highest BCUT2D eigenvalue weighted by atomic mass is 16.5. The summed E-state index contributed by atoms with van der Waals surface area (Å²) in [6, 6.07) is 8.03. The van der Waals surface area contributed by atoms with Gasteiger partial charge in [-0.15, -0.1) is 0 Å². The molecular weight excluding hydrogens is 248 g/mol. The zero-order valence-corrected chi connectivity index (χ0v) is 9.75. The number of fused-ring (bicyclic) bond motifs is 2. The number of ether oxygens (including phenoxy) is 1. The highest BCUT2D eigenvalue weighted by molar-refractivity contribution is 6.02. The maximum atomic E-state index is 12.1. The van der Waals surface area contributed by atoms with Crippen molar-refractivity contribution in [2.75, 3.05) is 0 Å². The first-order valence-corrected chi connectivity index (χ1v) is 5.65. The lowest BCUT2D eigenvalue weighted by atomic mass is 10.0. The predicted octanol–water partition coefficient (Wildman–Crippen LogP) is 2.33. The van der Waals surface area contributed by atoms with Crippen LogP contribution < -0.4 is 4.74 Å². The lowest BCUT2D eigenvalue weighted by Gasteiger charge is -2.11. The first kappa shape index (κ1) is 11.4. The highest BCUT2D eigenvalue weighted by Crippen LogP contribution is 2.48. The van der Waals surface area contributed by atoms with Gasteiger partial charge in [0.15, 0.2) is 17.3 Å². The van der Waals surface area contributed by atoms with Crippen molar-refractivity contribution in [1.82, 2.24) is 0 Å². The van der Waals surface area contributed by atoms with Gasteiger partial charge < -0.3 is 20.1 Å². The minimum absolute atomic E-state index is 0.0454. The van der Waals surface area contributed by atoms with Crippen LogP contribution >= 0.6 is 0 Å². The Morgan fingerprint density at radius 2 is 1.79 bits per heavy atom. The fraction of sp³-hybridized carbons (Fsp3) is 0.0714. The topological polar surface area (TPSA) is 87.0 Å². The van der Waals surface area contributed by atoms with E-state index in [1.165, 1.54) is 0 Å². The van der Waals surface area contributed by atoms with Gasteiger partial charge in [0.2, 0.25) is 11.5 Å². The van der Waals surface area contributed by atoms with Crippen molar-refractivity contribution in [3.05, 3.63) is 41.5 Å². The Balaban J connectivity index is 2.26. The molecule has 0 aromatic heterocycles. The van der Waals surface area contributed by atoms with Crippen LogP contribution in [0.25, 0.3) is 0 Å². The minimum atomic E-state index is -0.703. The minimum Gasteiger partial charge on any atom is -0.504 e. The zero-order chi connectivity index (χ0) is 13.6. The van der Waals surface area contributed by atoms with Gasteiger partial charge in [-0.05, 0) is 12.1 Å². The van der Waals surface area contributed by atoms with Crippen LogP contribution in [-0.2, 0) is 6.42 Å². The molecule has 0 amide bonds. The van der Waals surface area contributed by atoms with Crippen LogP contribution in [0.1, 0.15) is 15.9 Å². The van der Waals surface area contributed by atoms with E-state index >= 15 is 0 Å². The second-order valence-corrected chi connectivity index (χ2v) is 4.28. The van der Waals surface area contributed by atoms with Gasteiger partial charge in [0.1, 0.15) is 5.75 Å². The molecular formula is C14H10O5. The monoisotopic (exact) mass is 258 g/mol. The summed E-state index contributed by atoms with van der Waals surface area (Å²) in [6.45, 7) is 0. The van der Waals surface area contributed by atoms with E-state index in [9.17, 15) is 20.1 Å². The van der Waals surface area contributed by atoms with Gasteiger partial charge >= 0.3 is 0 Å². The fourth-order valence-corrected chi connectivity index (χ4v) is 2.07. The summed E-state index contributed by atoms with van der Waals surface area (Å²) in [6.07, 6.45) is 0.104. The maximum absolute atomic E-state index is 12.1. The molecule has 1 aliphatic heterocycles. The summed E-state index contributed by atoms with van der Waals surface area (Å²) >= 11 is 0. The van der Waals surface area contributed by atoms with Crippen LogP contribution in [0, 0.1) is 0 Å². The van der Waals surface area contributed by atoms with E-state index in [4.69, 9.17) is 4.74 Å². The average molecular weight is 258 g/mol. The summed E-state index contributed by atoms with van der Waals surface area (Å²) in [5.41, 5.74) is 0.728. The third-order valence-corrected chi connectivity index (χ3v) is 3.04. The van der Waals surface area contributed by atoms with E-state index in [2.05, 4.69) is 0 Å². The lowest BCUT2D eigenvalue weighted by molar-refractivity contribution is 0.0992. The third-order valence-electron chi connectivity index (χ3n) is 3.04. The number of hydrogen-bond donors (Lipinski definition) is 3. The first-order chi connectivity index (χ1) is 9.08. The highest BCUT2D eigenvalue weighted by Gasteiger charge is 2.27. The van der Waals surface area contributed by atoms with Gasteiger partial charge in [-0.3, -0.25) is 4.79 Å². The number of carbonyl (C=O) groups excluding carboxylic acids is 1. The Labute approximate surface area is 108 Å². The normalized spacial score (nSPS) is 13.2. The van der Waals surface area contributed by atoms with E-state index in [1.54, 1.807) is 24.3 Å². The number of rotatable bonds is 0. The van der Waals surface area contributed by atoms with E-state index in [-0.39, 0.29) is 23.5 Å². The molecule has 3 rings (SSSR count). The zero-order valence-electron chi connectivity index (χ0n) is 9.75. The number of hydrogen-bond acceptors (Lipinski definition) is 5. The summed E-state index contributed by atoms with van der Waals surface area (Å²) in [7, 11) is 0. The number of para-hydroxylation sites is 1. The van der Waals surface area contributed by atoms with E-state index < -0.39 is 17.2 Å². The molecule has 5 heteroatoms. The van der Waals surface area contributed by atoms with Crippen molar-refractivity contribution in [2.24, 2.45) is 0 Å². The Morgan fingerprint density at radius 1 is 1.05 bits per heavy atom. The SMILES string of the molecule is O=C1Cc2ccccc2Oc2c1cc(O)c(O)c2O. The smallest absolute Gasteiger partial charge is 0.205 e. The second-order valence-electron chi connectivity index (χ2n) is 4.28. The molecule has 19 heavy (non-hydrogen) atoms. The molecule has 0 atom stereocenters. The molecule has 0 radical (unpaired) electrons. The number of aromatic hydroxyl groups is 3. The quantitative estimate of drug-likeness (QED) is 0.631. The molecule has 0 fully saturated rings. The van der Waals surface area contributed by atoms with E-state index in [1.807, 2.05) is 0 Å². The van der Waals surface area contributed by atoms with Crippen LogP contribution in [0.4, 0.5) is 0 Å². The molecule has 0 saturated heterocycles. The Hall–Kier alpha value is -2.69. The number of ketones is 1. The number of phenolic OH excluding ortho intramolecular Hbond substituents is 3. The van der Waals surface area contributed by atoms with Crippen molar-refractivity contribution in [3.63, 3.8) is 0 Å². The van der Waals surface area contributed by atoms with Gasteiger partial charge in [0, 0.05) is 12.0 Å². The van der Waals surface area contributed by atoms with Crippen molar-refractivity contribution in [2.45, 2.75) is 6.42 Å². The molecule has 0 unspecified atom stereocenters. The summed E-state index contributed by atoms with van der Waals surface area (Å²) in [5, 5.41) is 28.8. The Morgan fingerprint density at radius 3 is 2.58 bits per heavy atom. The van der Waals surface area contributed by atoms with Gasteiger partial charge in [0.25, 0.3) is 0 Å². The predicted molar refractivity (Wildman–Crippen MR) is 66.0 cm³/mol. The molecule has 1 aliphatic rings. The van der Waals surface area contributed by atoms with Gasteiger partial charge in [-0.2, -0.15) is 0 Å². The Kier molecular flexibility index (Phi) is 2.35. The Bertz CT molecular complexity index is 690. The van der Waals surface area contributed by atoms with Crippen LogP contribution in [0.5, 0.6) is 28.7 Å². The van der Waals surface area contributed by atoms with E-state index in [0.29, 0.717) is 11.3 Å². The molecule has 0 spiro atoms. The molecule has 1 heterocycles. The number of phenols is 3. The molecule has 3 N–H and O–H groups in total. The number of benzene rings is 2. The van der Waals surface area contributed by atoms with Crippen molar-refractivity contribution in [1.29, 1.82) is 0 Å². The summed E-state index contributed by atoms with van der Waals surface area (Å²) < 4.78 is 5.50. The van der Waals surface area contributed by atoms with E-state index in [0.717, 1.165) is 6.07 Å². The number of Topliss-reactive ketones (excluding diaryl/α,β-unsaturated/α-hetero) is 1. The molecule has 0 aliphatic carbocycles. The average Bonchev–Trinajstić information content (AvgIpc) is 2.53. The van der Waals surface area contributed by atoms with Crippen LogP contribution in [0.3, 0.4) is 0 Å². The largest absolute Gasteiger partial charge is 0.504 e. The van der Waals surface area contributed by atoms with Crippen LogP contribution in [0.2, 0.25) is 0 Å². The van der Waals surface area contributed by atoms with Gasteiger partial charge in [-0.1, -0.05) is 18.2 Å². The van der Waals surface area contributed by atoms with Crippen LogP contribution in [-0.4, -0.2) is 21.1 Å². The molecule has 2 aromatic rings. The molecule has 2 aromatic carbocycles. The summed E-state index contributed by atoms with van der Waals surface area (Å²) in [4.78, 5) is 12.1. The summed E-state index contributed by atoms with van der Waals surface area (Å²) in [5.74, 6) is -1.89. The van der Waals surface area contributed by atoms with Crippen LogP contribution in [0.15, 0.2) is 30.3 Å². The molecule has 0 bridgehead atoms. The van der Waals surface area contributed by atoms with Crippen molar-refractivity contribution in [3.8, 4) is 28.7 Å². The lowest BCUT2D eigenvalue weighted by Crippen LogP contribution is -2.01.